The molecule has 8 rings (SSSR count). The van der Waals surface area contributed by atoms with Gasteiger partial charge in [-0.3, -0.25) is 38.9 Å². The molecule has 2 aliphatic heterocycles. The molecule has 2 unspecified atom stereocenters. The lowest BCUT2D eigenvalue weighted by Crippen LogP contribution is -2.34. The van der Waals surface area contributed by atoms with Gasteiger partial charge in [0.1, 0.15) is 18.7 Å². The number of aryl methyl sites for hydroxylation is 2. The van der Waals surface area contributed by atoms with E-state index in [2.05, 4.69) is 75.3 Å². The first-order valence-corrected chi connectivity index (χ1v) is 21.0. The van der Waals surface area contributed by atoms with E-state index in [1.54, 1.807) is 62.7 Å². The topological polar surface area (TPSA) is 153 Å². The van der Waals surface area contributed by atoms with Crippen molar-refractivity contribution in [1.82, 2.24) is 30.1 Å². The maximum absolute atomic E-state index is 12.7. The Kier molecular flexibility index (Phi) is 13.6. The van der Waals surface area contributed by atoms with Crippen molar-refractivity contribution < 1.29 is 28.2 Å². The number of pyridine rings is 2. The Morgan fingerprint density at radius 1 is 0.746 bits per heavy atom. The third kappa shape index (κ3) is 9.67. The van der Waals surface area contributed by atoms with E-state index in [-0.39, 0.29) is 23.6 Å². The van der Waals surface area contributed by atoms with Crippen LogP contribution < -0.4 is 0 Å². The molecule has 0 bridgehead atoms. The van der Waals surface area contributed by atoms with Crippen LogP contribution in [0.5, 0.6) is 0 Å². The molecule has 0 N–H and O–H groups in total. The van der Waals surface area contributed by atoms with E-state index in [0.29, 0.717) is 62.4 Å². The Bertz CT molecular complexity index is 2650. The van der Waals surface area contributed by atoms with E-state index in [0.717, 1.165) is 40.8 Å². The van der Waals surface area contributed by atoms with Gasteiger partial charge < -0.3 is 9.05 Å². The van der Waals surface area contributed by atoms with Gasteiger partial charge in [0.05, 0.1) is 28.9 Å². The molecular formula is C50H54BN6O6. The molecule has 63 heavy (non-hydrogen) atoms. The number of hydrogen-bond donors (Lipinski definition) is 0. The predicted molar refractivity (Wildman–Crippen MR) is 244 cm³/mol. The molecular weight excluding hydrogens is 791 g/mol. The maximum atomic E-state index is 12.7. The van der Waals surface area contributed by atoms with Crippen LogP contribution in [0.4, 0.5) is 0 Å². The highest BCUT2D eigenvalue weighted by atomic mass is 16.5. The lowest BCUT2D eigenvalue weighted by atomic mass is 9.56. The minimum absolute atomic E-state index is 0.238. The average Bonchev–Trinajstić information content (AvgIpc) is 4.06. The number of rotatable bonds is 10. The standard InChI is InChI=1S/2C20H17N3O3.C10H20B/c1-11-4-5-15-16(8-11)20(25)23(19(15)24)13(3)18-10-17(22-26-18)14-6-7-21-12(2)9-14;1-3-14-10-13(8-9-21-14)17-11-18(26-22-17)12(2)23-19(24)15-6-4-5-7-16(15)20(23)25;1-7-11-8-10(5,6)9(2,3)4/h4-10,13H,1-3H3;3-4,6,8-12H,1,5,7H2,2H3;7H,1,8H2,2-6H3. The van der Waals surface area contributed by atoms with E-state index in [4.69, 9.17) is 9.05 Å². The third-order valence-electron chi connectivity index (χ3n) is 12.1. The van der Waals surface area contributed by atoms with Gasteiger partial charge in [-0.2, -0.15) is 0 Å². The molecule has 2 atom stereocenters. The SMILES string of the molecule is C=C[B]CC(C)(C)C(C)(C)C.C=Cc1cc(-c2cc(C(C)N3C(=O)C4=C(CCC=C4)C3=O)on2)ccn1.Cc1ccc2c(c1)C(=O)N(C(C)c1cc(-c3ccnc(C)c3)no1)C2=O. The van der Waals surface area contributed by atoms with E-state index in [9.17, 15) is 19.2 Å². The van der Waals surface area contributed by atoms with Crippen LogP contribution in [0, 0.1) is 24.7 Å². The number of nitrogens with zero attached hydrogens (tertiary/aromatic N) is 6. The summed E-state index contributed by atoms with van der Waals surface area (Å²) in [6, 6.07) is 15.1. The number of aromatic nitrogens is 4. The van der Waals surface area contributed by atoms with E-state index in [1.807, 2.05) is 56.2 Å². The first-order valence-electron chi connectivity index (χ1n) is 21.0. The molecule has 0 saturated carbocycles. The number of amides is 4. The summed E-state index contributed by atoms with van der Waals surface area (Å²) in [6.45, 7) is 26.2. The fourth-order valence-corrected chi connectivity index (χ4v) is 7.14. The normalized spacial score (nSPS) is 15.6. The average molecular weight is 846 g/mol. The predicted octanol–water partition coefficient (Wildman–Crippen LogP) is 10.5. The summed E-state index contributed by atoms with van der Waals surface area (Å²) in [7, 11) is 2.14. The minimum atomic E-state index is -0.549. The summed E-state index contributed by atoms with van der Waals surface area (Å²) < 4.78 is 10.9. The Morgan fingerprint density at radius 2 is 1.33 bits per heavy atom. The smallest absolute Gasteiger partial charge is 0.262 e. The zero-order valence-corrected chi connectivity index (χ0v) is 37.6. The van der Waals surface area contributed by atoms with Gasteiger partial charge in [-0.15, -0.1) is 12.6 Å². The van der Waals surface area contributed by atoms with Crippen LogP contribution in [-0.2, 0) is 9.59 Å². The van der Waals surface area contributed by atoms with Crippen molar-refractivity contribution in [1.29, 1.82) is 0 Å². The van der Waals surface area contributed by atoms with E-state index < -0.39 is 12.1 Å². The van der Waals surface area contributed by atoms with Crippen molar-refractivity contribution in [2.75, 3.05) is 0 Å². The van der Waals surface area contributed by atoms with Crippen molar-refractivity contribution in [3.63, 3.8) is 0 Å². The van der Waals surface area contributed by atoms with Crippen molar-refractivity contribution >= 4 is 37.0 Å². The first-order chi connectivity index (χ1) is 29.9. The summed E-state index contributed by atoms with van der Waals surface area (Å²) in [5.41, 5.74) is 8.19. The van der Waals surface area contributed by atoms with Gasteiger partial charge in [0, 0.05) is 52.5 Å². The Hall–Kier alpha value is -6.76. The van der Waals surface area contributed by atoms with Crippen molar-refractivity contribution in [2.24, 2.45) is 10.8 Å². The van der Waals surface area contributed by atoms with Crippen LogP contribution >= 0.6 is 0 Å². The zero-order chi connectivity index (χ0) is 45.8. The van der Waals surface area contributed by atoms with Gasteiger partial charge in [0.15, 0.2) is 11.5 Å². The Labute approximate surface area is 370 Å². The van der Waals surface area contributed by atoms with Crippen molar-refractivity contribution in [3.8, 4) is 22.5 Å². The summed E-state index contributed by atoms with van der Waals surface area (Å²) in [6.07, 6.45) is 11.2. The number of imide groups is 2. The van der Waals surface area contributed by atoms with Gasteiger partial charge >= 0.3 is 0 Å². The minimum Gasteiger partial charge on any atom is -0.359 e. The molecule has 323 valence electrons. The van der Waals surface area contributed by atoms with Gasteiger partial charge in [0.2, 0.25) is 0 Å². The molecule has 0 fully saturated rings. The Balaban J connectivity index is 0.000000171. The number of benzene rings is 1. The molecule has 4 amide bonds. The second kappa shape index (κ2) is 18.7. The molecule has 12 nitrogen and oxygen atoms in total. The van der Waals surface area contributed by atoms with Crippen molar-refractivity contribution in [3.05, 3.63) is 149 Å². The van der Waals surface area contributed by atoms with Crippen LogP contribution in [-0.4, -0.2) is 61.0 Å². The lowest BCUT2D eigenvalue weighted by molar-refractivity contribution is -0.140. The molecule has 1 radical (unpaired) electrons. The van der Waals surface area contributed by atoms with Crippen molar-refractivity contribution in [2.45, 2.75) is 93.6 Å². The molecule has 0 saturated heterocycles. The number of carbonyl (C=O) groups excluding carboxylic acids is 4. The number of carbonyl (C=O) groups is 4. The fraction of sp³-hybridized carbons (Fsp3) is 0.320. The summed E-state index contributed by atoms with van der Waals surface area (Å²) in [4.78, 5) is 61.5. The maximum Gasteiger partial charge on any atom is 0.262 e. The Morgan fingerprint density at radius 3 is 1.90 bits per heavy atom. The summed E-state index contributed by atoms with van der Waals surface area (Å²) >= 11 is 0. The molecule has 5 aromatic rings. The van der Waals surface area contributed by atoms with Gasteiger partial charge in [-0.1, -0.05) is 81.6 Å². The van der Waals surface area contributed by atoms with E-state index in [1.165, 1.54) is 9.80 Å². The summed E-state index contributed by atoms with van der Waals surface area (Å²) in [5, 5.41) is 8.16. The van der Waals surface area contributed by atoms with Crippen LogP contribution in [0.25, 0.3) is 28.6 Å². The molecule has 1 aliphatic carbocycles. The molecule has 13 heteroatoms. The van der Waals surface area contributed by atoms with Gasteiger partial charge in [-0.25, -0.2) is 0 Å². The highest BCUT2D eigenvalue weighted by Crippen LogP contribution is 2.41. The molecule has 1 aromatic carbocycles. The van der Waals surface area contributed by atoms with E-state index >= 15 is 0 Å². The molecule has 3 aliphatic rings. The second-order valence-corrected chi connectivity index (χ2v) is 17.6. The van der Waals surface area contributed by atoms with Crippen LogP contribution in [0.3, 0.4) is 0 Å². The highest BCUT2D eigenvalue weighted by molar-refractivity contribution is 6.42. The monoisotopic (exact) mass is 845 g/mol. The largest absolute Gasteiger partial charge is 0.359 e. The zero-order valence-electron chi connectivity index (χ0n) is 37.6. The van der Waals surface area contributed by atoms with Crippen LogP contribution in [0.15, 0.2) is 118 Å². The van der Waals surface area contributed by atoms with Gasteiger partial charge in [0.25, 0.3) is 23.6 Å². The molecule has 0 spiro atoms. The quantitative estimate of drug-likeness (QED) is 0.0980. The first kappa shape index (κ1) is 45.8. The molecule has 6 heterocycles. The molecule has 4 aromatic heterocycles. The highest BCUT2D eigenvalue weighted by Gasteiger charge is 2.42. The number of fused-ring (bicyclic) bond motifs is 1. The summed E-state index contributed by atoms with van der Waals surface area (Å²) in [5.74, 6) is 1.67. The number of allylic oxidation sites excluding steroid dienone is 1. The second-order valence-electron chi connectivity index (χ2n) is 17.6. The number of hydrogen-bond acceptors (Lipinski definition) is 10. The fourth-order valence-electron chi connectivity index (χ4n) is 7.14. The van der Waals surface area contributed by atoms with Crippen LogP contribution in [0.1, 0.15) is 123 Å². The third-order valence-corrected chi connectivity index (χ3v) is 12.1. The van der Waals surface area contributed by atoms with Crippen LogP contribution in [0.2, 0.25) is 6.32 Å². The van der Waals surface area contributed by atoms with Gasteiger partial charge in [-0.05, 0) is 93.8 Å². The lowest BCUT2D eigenvalue weighted by Gasteiger charge is -2.38.